The molecule has 0 saturated heterocycles. The zero-order chi connectivity index (χ0) is 15.0. The van der Waals surface area contributed by atoms with Gasteiger partial charge in [-0.1, -0.05) is 30.7 Å². The van der Waals surface area contributed by atoms with Crippen LogP contribution in [-0.2, 0) is 6.42 Å². The highest BCUT2D eigenvalue weighted by atomic mass is 35.5. The molecule has 0 aliphatic rings. The molecule has 3 aromatic rings. The standard InChI is InChI=1S/C17H18ClN3/c1-3-17-20-15-10-14(19)7-8-16(15)21(17)11(2)12-5-4-6-13(18)9-12/h4-11H,3,19H2,1-2H3. The average molecular weight is 300 g/mol. The summed E-state index contributed by atoms with van der Waals surface area (Å²) in [6.45, 7) is 4.29. The van der Waals surface area contributed by atoms with E-state index in [1.54, 1.807) is 0 Å². The molecular formula is C17H18ClN3. The van der Waals surface area contributed by atoms with Gasteiger partial charge < -0.3 is 10.3 Å². The maximum absolute atomic E-state index is 6.12. The van der Waals surface area contributed by atoms with E-state index in [9.17, 15) is 0 Å². The molecule has 0 amide bonds. The first-order valence-corrected chi connectivity index (χ1v) is 7.49. The Kier molecular flexibility index (Phi) is 3.60. The molecule has 1 atom stereocenters. The molecule has 1 aromatic heterocycles. The molecule has 0 aliphatic heterocycles. The summed E-state index contributed by atoms with van der Waals surface area (Å²) in [4.78, 5) is 4.71. The van der Waals surface area contributed by atoms with Crippen molar-refractivity contribution in [1.29, 1.82) is 0 Å². The van der Waals surface area contributed by atoms with E-state index in [0.717, 1.165) is 34.0 Å². The van der Waals surface area contributed by atoms with Crippen molar-refractivity contribution in [2.24, 2.45) is 0 Å². The van der Waals surface area contributed by atoms with Crippen LogP contribution in [0.15, 0.2) is 42.5 Å². The van der Waals surface area contributed by atoms with Gasteiger partial charge in [-0.2, -0.15) is 0 Å². The summed E-state index contributed by atoms with van der Waals surface area (Å²) in [5, 5.41) is 0.756. The molecule has 0 saturated carbocycles. The molecule has 3 rings (SSSR count). The van der Waals surface area contributed by atoms with Crippen LogP contribution in [0.5, 0.6) is 0 Å². The van der Waals surface area contributed by atoms with Crippen molar-refractivity contribution in [2.45, 2.75) is 26.3 Å². The minimum absolute atomic E-state index is 0.173. The monoisotopic (exact) mass is 299 g/mol. The van der Waals surface area contributed by atoms with Crippen molar-refractivity contribution in [3.63, 3.8) is 0 Å². The largest absolute Gasteiger partial charge is 0.399 e. The third kappa shape index (κ3) is 2.49. The summed E-state index contributed by atoms with van der Waals surface area (Å²) in [5.74, 6) is 1.06. The van der Waals surface area contributed by atoms with Crippen molar-refractivity contribution in [3.8, 4) is 0 Å². The number of rotatable bonds is 3. The second kappa shape index (κ2) is 5.41. The molecule has 1 unspecified atom stereocenters. The number of halogens is 1. The Morgan fingerprint density at radius 2 is 2.05 bits per heavy atom. The van der Waals surface area contributed by atoms with Gasteiger partial charge in [-0.15, -0.1) is 0 Å². The Morgan fingerprint density at radius 1 is 1.24 bits per heavy atom. The van der Waals surface area contributed by atoms with Crippen molar-refractivity contribution in [2.75, 3.05) is 5.73 Å². The molecule has 2 N–H and O–H groups in total. The quantitative estimate of drug-likeness (QED) is 0.726. The highest BCUT2D eigenvalue weighted by molar-refractivity contribution is 6.30. The fourth-order valence-electron chi connectivity index (χ4n) is 2.76. The first-order chi connectivity index (χ1) is 10.1. The molecule has 0 fully saturated rings. The lowest BCUT2D eigenvalue weighted by Gasteiger charge is -2.18. The predicted octanol–water partition coefficient (Wildman–Crippen LogP) is 4.44. The number of nitrogens with zero attached hydrogens (tertiary/aromatic N) is 2. The Hall–Kier alpha value is -2.00. The van der Waals surface area contributed by atoms with Crippen LogP contribution in [0.4, 0.5) is 5.69 Å². The number of hydrogen-bond donors (Lipinski definition) is 1. The highest BCUT2D eigenvalue weighted by Gasteiger charge is 2.16. The number of hydrogen-bond acceptors (Lipinski definition) is 2. The summed E-state index contributed by atoms with van der Waals surface area (Å²) < 4.78 is 2.26. The van der Waals surface area contributed by atoms with Gasteiger partial charge in [-0.3, -0.25) is 0 Å². The van der Waals surface area contributed by atoms with Crippen molar-refractivity contribution < 1.29 is 0 Å². The third-order valence-corrected chi connectivity index (χ3v) is 4.06. The molecule has 108 valence electrons. The summed E-state index contributed by atoms with van der Waals surface area (Å²) >= 11 is 6.12. The summed E-state index contributed by atoms with van der Waals surface area (Å²) in [5.41, 5.74) is 9.83. The normalized spacial score (nSPS) is 12.7. The molecule has 0 spiro atoms. The number of anilines is 1. The molecule has 1 heterocycles. The number of imidazole rings is 1. The first-order valence-electron chi connectivity index (χ1n) is 7.12. The van der Waals surface area contributed by atoms with Crippen LogP contribution in [0.1, 0.15) is 31.3 Å². The Labute approximate surface area is 129 Å². The smallest absolute Gasteiger partial charge is 0.110 e. The van der Waals surface area contributed by atoms with Crippen molar-refractivity contribution in [3.05, 3.63) is 58.9 Å². The van der Waals surface area contributed by atoms with E-state index in [0.29, 0.717) is 0 Å². The van der Waals surface area contributed by atoms with Crippen LogP contribution >= 0.6 is 11.6 Å². The maximum Gasteiger partial charge on any atom is 0.110 e. The van der Waals surface area contributed by atoms with Crippen molar-refractivity contribution in [1.82, 2.24) is 9.55 Å². The third-order valence-electron chi connectivity index (χ3n) is 3.82. The minimum Gasteiger partial charge on any atom is -0.399 e. The molecule has 2 aromatic carbocycles. The number of fused-ring (bicyclic) bond motifs is 1. The highest BCUT2D eigenvalue weighted by Crippen LogP contribution is 2.28. The van der Waals surface area contributed by atoms with Crippen molar-refractivity contribution >= 4 is 28.3 Å². The van der Waals surface area contributed by atoms with E-state index in [1.165, 1.54) is 5.56 Å². The van der Waals surface area contributed by atoms with E-state index in [-0.39, 0.29) is 6.04 Å². The molecular weight excluding hydrogens is 282 g/mol. The molecule has 0 bridgehead atoms. The van der Waals surface area contributed by atoms with Crippen LogP contribution in [0.2, 0.25) is 5.02 Å². The average Bonchev–Trinajstić information content (AvgIpc) is 2.83. The second-order valence-electron chi connectivity index (χ2n) is 5.23. The number of nitrogen functional groups attached to an aromatic ring is 1. The Balaban J connectivity index is 2.18. The molecule has 3 nitrogen and oxygen atoms in total. The number of aromatic nitrogens is 2. The zero-order valence-electron chi connectivity index (χ0n) is 12.2. The van der Waals surface area contributed by atoms with Gasteiger partial charge in [-0.25, -0.2) is 4.98 Å². The summed E-state index contributed by atoms with van der Waals surface area (Å²) in [7, 11) is 0. The van der Waals surface area contributed by atoms with E-state index < -0.39 is 0 Å². The number of nitrogens with two attached hydrogens (primary N) is 1. The van der Waals surface area contributed by atoms with Crippen LogP contribution in [-0.4, -0.2) is 9.55 Å². The van der Waals surface area contributed by atoms with Gasteiger partial charge in [-0.05, 0) is 42.8 Å². The molecule has 4 heteroatoms. The van der Waals surface area contributed by atoms with Gasteiger partial charge in [0.1, 0.15) is 5.82 Å². The Bertz CT molecular complexity index is 792. The van der Waals surface area contributed by atoms with E-state index in [2.05, 4.69) is 24.5 Å². The maximum atomic E-state index is 6.12. The van der Waals surface area contributed by atoms with Gasteiger partial charge in [0.05, 0.1) is 17.1 Å². The fraction of sp³-hybridized carbons (Fsp3) is 0.235. The lowest BCUT2D eigenvalue weighted by molar-refractivity contribution is 0.623. The van der Waals surface area contributed by atoms with Gasteiger partial charge in [0, 0.05) is 17.1 Å². The van der Waals surface area contributed by atoms with E-state index >= 15 is 0 Å². The van der Waals surface area contributed by atoms with Crippen LogP contribution in [0.3, 0.4) is 0 Å². The van der Waals surface area contributed by atoms with Gasteiger partial charge in [0.25, 0.3) is 0 Å². The number of aryl methyl sites for hydroxylation is 1. The lowest BCUT2D eigenvalue weighted by atomic mass is 10.1. The molecule has 21 heavy (non-hydrogen) atoms. The SMILES string of the molecule is CCc1nc2cc(N)ccc2n1C(C)c1cccc(Cl)c1. The predicted molar refractivity (Wildman–Crippen MR) is 88.8 cm³/mol. The topological polar surface area (TPSA) is 43.8 Å². The van der Waals surface area contributed by atoms with E-state index in [1.807, 2.05) is 36.4 Å². The minimum atomic E-state index is 0.173. The zero-order valence-corrected chi connectivity index (χ0v) is 12.9. The van der Waals surface area contributed by atoms with Gasteiger partial charge in [0.15, 0.2) is 0 Å². The summed E-state index contributed by atoms with van der Waals surface area (Å²) in [6.07, 6.45) is 0.874. The van der Waals surface area contributed by atoms with Crippen LogP contribution in [0, 0.1) is 0 Å². The second-order valence-corrected chi connectivity index (χ2v) is 5.67. The lowest BCUT2D eigenvalue weighted by Crippen LogP contribution is -2.10. The van der Waals surface area contributed by atoms with Gasteiger partial charge >= 0.3 is 0 Å². The summed E-state index contributed by atoms with van der Waals surface area (Å²) in [6, 6.07) is 14.0. The van der Waals surface area contributed by atoms with E-state index in [4.69, 9.17) is 22.3 Å². The fourth-order valence-corrected chi connectivity index (χ4v) is 2.96. The van der Waals surface area contributed by atoms with Crippen LogP contribution < -0.4 is 5.73 Å². The van der Waals surface area contributed by atoms with Crippen LogP contribution in [0.25, 0.3) is 11.0 Å². The van der Waals surface area contributed by atoms with Gasteiger partial charge in [0.2, 0.25) is 0 Å². The first kappa shape index (κ1) is 14.0. The molecule has 0 radical (unpaired) electrons. The molecule has 0 aliphatic carbocycles. The number of benzene rings is 2. The Morgan fingerprint density at radius 3 is 2.76 bits per heavy atom.